The molecule has 0 spiro atoms. The van der Waals surface area contributed by atoms with Crippen molar-refractivity contribution in [2.45, 2.75) is 19.4 Å². The fourth-order valence-corrected chi connectivity index (χ4v) is 3.64. The van der Waals surface area contributed by atoms with Crippen LogP contribution >= 0.6 is 11.3 Å². The van der Waals surface area contributed by atoms with Crippen LogP contribution in [0.25, 0.3) is 0 Å². The third-order valence-corrected chi connectivity index (χ3v) is 5.20. The van der Waals surface area contributed by atoms with Crippen LogP contribution in [0.4, 0.5) is 10.2 Å². The van der Waals surface area contributed by atoms with Gasteiger partial charge in [0.25, 0.3) is 6.47 Å². The van der Waals surface area contributed by atoms with Gasteiger partial charge >= 0.3 is 0 Å². The first-order valence-corrected chi connectivity index (χ1v) is 9.19. The third kappa shape index (κ3) is 4.65. The molecule has 0 aliphatic carbocycles. The predicted molar refractivity (Wildman–Crippen MR) is 101 cm³/mol. The van der Waals surface area contributed by atoms with E-state index in [-0.39, 0.29) is 18.3 Å². The Kier molecular flexibility index (Phi) is 6.08. The van der Waals surface area contributed by atoms with Crippen molar-refractivity contribution in [1.29, 1.82) is 0 Å². The molecule has 0 aliphatic heterocycles. The first-order chi connectivity index (χ1) is 13.1. The topological polar surface area (TPSA) is 68.2 Å². The van der Waals surface area contributed by atoms with Gasteiger partial charge in [0.05, 0.1) is 29.0 Å². The molecule has 0 fully saturated rings. The number of benzene rings is 1. The summed E-state index contributed by atoms with van der Waals surface area (Å²) < 4.78 is 18.1. The van der Waals surface area contributed by atoms with Crippen LogP contribution in [0, 0.1) is 12.7 Å². The molecule has 0 saturated carbocycles. The Morgan fingerprint density at radius 2 is 2.07 bits per heavy atom. The molecular weight excluding hydrogens is 367 g/mol. The molecule has 0 amide bonds. The number of aryl methyl sites for hydroxylation is 1. The molecule has 3 rings (SSSR count). The van der Waals surface area contributed by atoms with Crippen molar-refractivity contribution in [2.24, 2.45) is 0 Å². The van der Waals surface area contributed by atoms with E-state index in [2.05, 4.69) is 9.97 Å². The SMILES string of the molecule is Cc1ncsc1C(COC=O)c1cncc(N(C)Cc2ccc(F)cc2)n1. The quantitative estimate of drug-likeness (QED) is 0.553. The summed E-state index contributed by atoms with van der Waals surface area (Å²) in [4.78, 5) is 26.9. The Morgan fingerprint density at radius 3 is 2.74 bits per heavy atom. The minimum atomic E-state index is -0.263. The van der Waals surface area contributed by atoms with Crippen LogP contribution in [0.15, 0.2) is 42.2 Å². The fraction of sp³-hybridized carbons (Fsp3) is 0.263. The van der Waals surface area contributed by atoms with Crippen LogP contribution < -0.4 is 4.90 Å². The fourth-order valence-electron chi connectivity index (χ4n) is 2.74. The van der Waals surface area contributed by atoms with Crippen LogP contribution in [0.3, 0.4) is 0 Å². The molecule has 0 saturated heterocycles. The van der Waals surface area contributed by atoms with Crippen molar-refractivity contribution in [3.8, 4) is 0 Å². The second-order valence-corrected chi connectivity index (χ2v) is 6.96. The van der Waals surface area contributed by atoms with Crippen molar-refractivity contribution in [3.05, 3.63) is 69.8 Å². The van der Waals surface area contributed by atoms with E-state index in [0.29, 0.717) is 24.5 Å². The van der Waals surface area contributed by atoms with E-state index in [1.54, 1.807) is 30.0 Å². The van der Waals surface area contributed by atoms with E-state index in [0.717, 1.165) is 16.1 Å². The molecule has 1 atom stereocenters. The van der Waals surface area contributed by atoms with E-state index in [4.69, 9.17) is 9.72 Å². The lowest BCUT2D eigenvalue weighted by Gasteiger charge is -2.20. The van der Waals surface area contributed by atoms with Gasteiger partial charge in [0.15, 0.2) is 0 Å². The van der Waals surface area contributed by atoms with Crippen molar-refractivity contribution in [3.63, 3.8) is 0 Å². The van der Waals surface area contributed by atoms with Crippen molar-refractivity contribution < 1.29 is 13.9 Å². The highest BCUT2D eigenvalue weighted by Crippen LogP contribution is 2.30. The number of hydrogen-bond acceptors (Lipinski definition) is 7. The van der Waals surface area contributed by atoms with Gasteiger partial charge in [-0.2, -0.15) is 0 Å². The summed E-state index contributed by atoms with van der Waals surface area (Å²) in [6.45, 7) is 3.08. The minimum absolute atomic E-state index is 0.173. The number of aromatic nitrogens is 3. The second kappa shape index (κ2) is 8.68. The lowest BCUT2D eigenvalue weighted by Crippen LogP contribution is -2.20. The van der Waals surface area contributed by atoms with Gasteiger partial charge in [-0.1, -0.05) is 12.1 Å². The summed E-state index contributed by atoms with van der Waals surface area (Å²) in [6.07, 6.45) is 3.34. The molecule has 0 aliphatic rings. The zero-order valence-electron chi connectivity index (χ0n) is 15.0. The normalized spacial score (nSPS) is 11.8. The number of thiazole rings is 1. The Morgan fingerprint density at radius 1 is 1.30 bits per heavy atom. The first-order valence-electron chi connectivity index (χ1n) is 8.31. The molecule has 3 aromatic rings. The summed E-state index contributed by atoms with van der Waals surface area (Å²) >= 11 is 1.50. The molecule has 1 aromatic carbocycles. The summed E-state index contributed by atoms with van der Waals surface area (Å²) in [6, 6.07) is 6.35. The van der Waals surface area contributed by atoms with Gasteiger partial charge in [0, 0.05) is 24.7 Å². The van der Waals surface area contributed by atoms with Crippen LogP contribution in [-0.2, 0) is 16.1 Å². The molecule has 2 aromatic heterocycles. The standard InChI is InChI=1S/C19H19FN4O2S/c1-13-19(27-11-22-13)16(10-26-12-25)17-7-21-8-18(23-17)24(2)9-14-3-5-15(20)6-4-14/h3-8,11-12,16H,9-10H2,1-2H3. The summed E-state index contributed by atoms with van der Waals surface area (Å²) in [5, 5.41) is 0. The number of anilines is 1. The van der Waals surface area contributed by atoms with Crippen LogP contribution in [-0.4, -0.2) is 35.1 Å². The number of halogens is 1. The maximum Gasteiger partial charge on any atom is 0.293 e. The van der Waals surface area contributed by atoms with Gasteiger partial charge in [-0.3, -0.25) is 9.78 Å². The average Bonchev–Trinajstić information content (AvgIpc) is 3.10. The highest BCUT2D eigenvalue weighted by atomic mass is 32.1. The lowest BCUT2D eigenvalue weighted by atomic mass is 10.0. The summed E-state index contributed by atoms with van der Waals surface area (Å²) in [7, 11) is 1.89. The minimum Gasteiger partial charge on any atom is -0.467 e. The van der Waals surface area contributed by atoms with E-state index in [1.807, 2.05) is 18.9 Å². The van der Waals surface area contributed by atoms with Gasteiger partial charge in [-0.25, -0.2) is 14.4 Å². The van der Waals surface area contributed by atoms with Gasteiger partial charge in [-0.05, 0) is 24.6 Å². The number of carbonyl (C=O) groups is 1. The molecule has 0 N–H and O–H groups in total. The smallest absolute Gasteiger partial charge is 0.293 e. The summed E-state index contributed by atoms with van der Waals surface area (Å²) in [5.74, 6) is 0.186. The van der Waals surface area contributed by atoms with Crippen LogP contribution in [0.2, 0.25) is 0 Å². The molecular formula is C19H19FN4O2S. The number of nitrogens with zero attached hydrogens (tertiary/aromatic N) is 4. The Hall–Kier alpha value is -2.87. The molecule has 2 heterocycles. The monoisotopic (exact) mass is 386 g/mol. The van der Waals surface area contributed by atoms with Crippen LogP contribution in [0.5, 0.6) is 0 Å². The Bertz CT molecular complexity index is 901. The molecule has 140 valence electrons. The van der Waals surface area contributed by atoms with Crippen molar-refractivity contribution >= 4 is 23.6 Å². The van der Waals surface area contributed by atoms with E-state index in [9.17, 15) is 9.18 Å². The maximum absolute atomic E-state index is 13.1. The van der Waals surface area contributed by atoms with E-state index in [1.165, 1.54) is 23.5 Å². The van der Waals surface area contributed by atoms with Gasteiger partial charge in [0.1, 0.15) is 18.2 Å². The number of carbonyl (C=O) groups excluding carboxylic acids is 1. The zero-order valence-corrected chi connectivity index (χ0v) is 15.8. The Labute approximate surface area is 160 Å². The number of hydrogen-bond donors (Lipinski definition) is 0. The molecule has 6 nitrogen and oxygen atoms in total. The molecule has 0 bridgehead atoms. The van der Waals surface area contributed by atoms with Gasteiger partial charge < -0.3 is 9.64 Å². The highest BCUT2D eigenvalue weighted by molar-refractivity contribution is 7.09. The maximum atomic E-state index is 13.1. The first kappa shape index (κ1) is 18.9. The molecule has 27 heavy (non-hydrogen) atoms. The molecule has 0 radical (unpaired) electrons. The van der Waals surface area contributed by atoms with Gasteiger partial charge in [0.2, 0.25) is 0 Å². The van der Waals surface area contributed by atoms with Crippen molar-refractivity contribution in [1.82, 2.24) is 15.0 Å². The average molecular weight is 386 g/mol. The predicted octanol–water partition coefficient (Wildman–Crippen LogP) is 3.32. The molecule has 1 unspecified atom stereocenters. The third-order valence-electron chi connectivity index (χ3n) is 4.15. The summed E-state index contributed by atoms with van der Waals surface area (Å²) in [5.41, 5.74) is 4.31. The highest BCUT2D eigenvalue weighted by Gasteiger charge is 2.22. The van der Waals surface area contributed by atoms with E-state index >= 15 is 0 Å². The molecule has 8 heteroatoms. The van der Waals surface area contributed by atoms with Crippen LogP contribution in [0.1, 0.15) is 27.7 Å². The largest absolute Gasteiger partial charge is 0.467 e. The number of ether oxygens (including phenoxy) is 1. The van der Waals surface area contributed by atoms with E-state index < -0.39 is 0 Å². The lowest BCUT2D eigenvalue weighted by molar-refractivity contribution is -0.128. The van der Waals surface area contributed by atoms with Gasteiger partial charge in [-0.15, -0.1) is 11.3 Å². The number of rotatable bonds is 8. The Balaban J connectivity index is 1.84. The second-order valence-electron chi connectivity index (χ2n) is 6.07. The van der Waals surface area contributed by atoms with Crippen molar-refractivity contribution in [2.75, 3.05) is 18.6 Å². The zero-order chi connectivity index (χ0) is 19.2.